The fraction of sp³-hybridized carbons (Fsp3) is 0.500. The molecule has 0 bridgehead atoms. The first kappa shape index (κ1) is 15.8. The van der Waals surface area contributed by atoms with E-state index < -0.39 is 23.5 Å². The zero-order chi connectivity index (χ0) is 17.9. The van der Waals surface area contributed by atoms with Crippen LogP contribution < -0.4 is 9.47 Å². The van der Waals surface area contributed by atoms with Gasteiger partial charge in [-0.3, -0.25) is 9.59 Å². The lowest BCUT2D eigenvalue weighted by Crippen LogP contribution is -2.60. The van der Waals surface area contributed by atoms with E-state index in [1.807, 2.05) is 19.1 Å². The Balaban J connectivity index is 1.83. The molecule has 3 heterocycles. The number of rotatable bonds is 1. The van der Waals surface area contributed by atoms with Crippen LogP contribution in [0, 0.1) is 16.7 Å². The number of likely N-dealkylation sites (N-methyl/N-ethyl adjacent to an activating group) is 1. The standard InChI is InChI=1S/C18H19N3O4/c1-10-16(22)21-12(17(23)20(10)3)7-18(2,8-19)15(21)11-4-5-13-14(6-11)25-9-24-13/h4-6,10,12,15H,7,9H2,1-3H3/t10-,12+,15?,18-/m1/s1. The molecule has 7 heteroatoms. The van der Waals surface area contributed by atoms with Crippen molar-refractivity contribution in [2.45, 2.75) is 38.4 Å². The molecule has 0 radical (unpaired) electrons. The number of nitrogens with zero attached hydrogens (tertiary/aromatic N) is 3. The maximum absolute atomic E-state index is 13.0. The van der Waals surface area contributed by atoms with Crippen LogP contribution in [-0.4, -0.2) is 47.5 Å². The summed E-state index contributed by atoms with van der Waals surface area (Å²) in [6.07, 6.45) is 0.324. The minimum absolute atomic E-state index is 0.114. The van der Waals surface area contributed by atoms with Crippen molar-refractivity contribution in [3.05, 3.63) is 23.8 Å². The van der Waals surface area contributed by atoms with Crippen molar-refractivity contribution in [2.24, 2.45) is 5.41 Å². The second-order valence-corrected chi connectivity index (χ2v) is 7.14. The molecule has 0 aromatic heterocycles. The van der Waals surface area contributed by atoms with Crippen molar-refractivity contribution in [3.63, 3.8) is 0 Å². The summed E-state index contributed by atoms with van der Waals surface area (Å²) in [5.41, 5.74) is -0.0668. The van der Waals surface area contributed by atoms with E-state index in [9.17, 15) is 14.9 Å². The summed E-state index contributed by atoms with van der Waals surface area (Å²) in [6, 6.07) is 6.15. The van der Waals surface area contributed by atoms with Crippen LogP contribution in [0.4, 0.5) is 0 Å². The van der Waals surface area contributed by atoms with Crippen LogP contribution >= 0.6 is 0 Å². The molecule has 3 aliphatic heterocycles. The highest BCUT2D eigenvalue weighted by atomic mass is 16.7. The number of carbonyl (C=O) groups is 2. The highest BCUT2D eigenvalue weighted by Crippen LogP contribution is 2.52. The van der Waals surface area contributed by atoms with Gasteiger partial charge in [0.15, 0.2) is 11.5 Å². The minimum atomic E-state index is -0.853. The Morgan fingerprint density at radius 1 is 1.24 bits per heavy atom. The molecule has 4 atom stereocenters. The predicted octanol–water partition coefficient (Wildman–Crippen LogP) is 1.45. The van der Waals surface area contributed by atoms with E-state index in [1.54, 1.807) is 24.9 Å². The van der Waals surface area contributed by atoms with Gasteiger partial charge in [-0.25, -0.2) is 0 Å². The molecular formula is C18H19N3O4. The van der Waals surface area contributed by atoms with Crippen LogP contribution in [0.25, 0.3) is 0 Å². The van der Waals surface area contributed by atoms with Crippen molar-refractivity contribution in [1.29, 1.82) is 5.26 Å². The van der Waals surface area contributed by atoms with Crippen LogP contribution in [0.3, 0.4) is 0 Å². The molecule has 4 rings (SSSR count). The Morgan fingerprint density at radius 2 is 1.96 bits per heavy atom. The van der Waals surface area contributed by atoms with Crippen molar-refractivity contribution in [1.82, 2.24) is 9.80 Å². The summed E-state index contributed by atoms with van der Waals surface area (Å²) in [7, 11) is 1.64. The first-order chi connectivity index (χ1) is 11.9. The fourth-order valence-corrected chi connectivity index (χ4v) is 4.11. The molecule has 1 aromatic rings. The molecule has 130 valence electrons. The Morgan fingerprint density at radius 3 is 2.68 bits per heavy atom. The third-order valence-corrected chi connectivity index (χ3v) is 5.63. The minimum Gasteiger partial charge on any atom is -0.454 e. The third-order valence-electron chi connectivity index (χ3n) is 5.63. The number of hydrogen-bond donors (Lipinski definition) is 0. The number of fused-ring (bicyclic) bond motifs is 2. The van der Waals surface area contributed by atoms with Crippen molar-refractivity contribution in [2.75, 3.05) is 13.8 Å². The second-order valence-electron chi connectivity index (χ2n) is 7.14. The van der Waals surface area contributed by atoms with Gasteiger partial charge in [0.2, 0.25) is 18.6 Å². The molecule has 1 aromatic carbocycles. The number of amides is 2. The second kappa shape index (κ2) is 5.12. The highest BCUT2D eigenvalue weighted by Gasteiger charge is 2.58. The molecule has 3 aliphatic rings. The van der Waals surface area contributed by atoms with E-state index in [0.29, 0.717) is 17.9 Å². The van der Waals surface area contributed by atoms with E-state index in [1.165, 1.54) is 4.90 Å². The summed E-state index contributed by atoms with van der Waals surface area (Å²) >= 11 is 0. The van der Waals surface area contributed by atoms with E-state index in [0.717, 1.165) is 5.56 Å². The van der Waals surface area contributed by atoms with Gasteiger partial charge >= 0.3 is 0 Å². The van der Waals surface area contributed by atoms with Crippen LogP contribution in [0.5, 0.6) is 11.5 Å². The average Bonchev–Trinajstić information content (AvgIpc) is 3.20. The largest absolute Gasteiger partial charge is 0.454 e. The van der Waals surface area contributed by atoms with Gasteiger partial charge in [-0.2, -0.15) is 5.26 Å². The average molecular weight is 341 g/mol. The number of hydrogen-bond acceptors (Lipinski definition) is 5. The van der Waals surface area contributed by atoms with Crippen molar-refractivity contribution in [3.8, 4) is 17.6 Å². The van der Waals surface area contributed by atoms with Gasteiger partial charge in [0, 0.05) is 7.05 Å². The SMILES string of the molecule is C[C@@H]1C(=O)N2C(c3ccc4c(c3)OCO4)[C@@](C)(C#N)C[C@H]2C(=O)N1C. The first-order valence-electron chi connectivity index (χ1n) is 8.27. The molecule has 1 unspecified atom stereocenters. The van der Waals surface area contributed by atoms with Gasteiger partial charge in [0.05, 0.1) is 17.5 Å². The molecule has 2 saturated heterocycles. The lowest BCUT2D eigenvalue weighted by Gasteiger charge is -2.42. The number of benzene rings is 1. The highest BCUT2D eigenvalue weighted by molar-refractivity contribution is 5.97. The number of piperazine rings is 1. The van der Waals surface area contributed by atoms with Crippen LogP contribution in [-0.2, 0) is 9.59 Å². The van der Waals surface area contributed by atoms with Gasteiger partial charge in [0.25, 0.3) is 0 Å². The molecule has 2 amide bonds. The number of ether oxygens (including phenoxy) is 2. The summed E-state index contributed by atoms with van der Waals surface area (Å²) in [4.78, 5) is 28.7. The molecule has 0 N–H and O–H groups in total. The van der Waals surface area contributed by atoms with E-state index in [-0.39, 0.29) is 18.6 Å². The quantitative estimate of drug-likeness (QED) is 0.772. The molecule has 0 aliphatic carbocycles. The molecule has 0 saturated carbocycles. The normalized spacial score (nSPS) is 33.4. The van der Waals surface area contributed by atoms with Crippen molar-refractivity contribution >= 4 is 11.8 Å². The lowest BCUT2D eigenvalue weighted by atomic mass is 9.79. The lowest BCUT2D eigenvalue weighted by molar-refractivity contribution is -0.159. The predicted molar refractivity (Wildman–Crippen MR) is 86.5 cm³/mol. The summed E-state index contributed by atoms with van der Waals surface area (Å²) in [5, 5.41) is 9.83. The van der Waals surface area contributed by atoms with Crippen molar-refractivity contribution < 1.29 is 19.1 Å². The smallest absolute Gasteiger partial charge is 0.246 e. The Kier molecular flexibility index (Phi) is 3.23. The molecule has 25 heavy (non-hydrogen) atoms. The van der Waals surface area contributed by atoms with E-state index in [4.69, 9.17) is 9.47 Å². The Hall–Kier alpha value is -2.75. The van der Waals surface area contributed by atoms with Gasteiger partial charge in [0.1, 0.15) is 12.1 Å². The Bertz CT molecular complexity index is 817. The zero-order valence-electron chi connectivity index (χ0n) is 14.4. The molecule has 2 fully saturated rings. The van der Waals surface area contributed by atoms with Crippen LogP contribution in [0.2, 0.25) is 0 Å². The molecule has 7 nitrogen and oxygen atoms in total. The summed E-state index contributed by atoms with van der Waals surface area (Å²) < 4.78 is 10.8. The van der Waals surface area contributed by atoms with Crippen LogP contribution in [0.1, 0.15) is 31.9 Å². The summed E-state index contributed by atoms with van der Waals surface area (Å²) in [5.74, 6) is 0.999. The zero-order valence-corrected chi connectivity index (χ0v) is 14.4. The Labute approximate surface area is 145 Å². The van der Waals surface area contributed by atoms with Gasteiger partial charge in [-0.15, -0.1) is 0 Å². The maximum Gasteiger partial charge on any atom is 0.246 e. The van der Waals surface area contributed by atoms with Gasteiger partial charge in [-0.05, 0) is 38.0 Å². The topological polar surface area (TPSA) is 82.9 Å². The molecular weight excluding hydrogens is 322 g/mol. The number of nitriles is 1. The summed E-state index contributed by atoms with van der Waals surface area (Å²) in [6.45, 7) is 3.69. The fourth-order valence-electron chi connectivity index (χ4n) is 4.11. The molecule has 0 spiro atoms. The first-order valence-corrected chi connectivity index (χ1v) is 8.27. The third kappa shape index (κ3) is 2.03. The van der Waals surface area contributed by atoms with Gasteiger partial charge < -0.3 is 19.3 Å². The van der Waals surface area contributed by atoms with Crippen LogP contribution in [0.15, 0.2) is 18.2 Å². The van der Waals surface area contributed by atoms with E-state index >= 15 is 0 Å². The van der Waals surface area contributed by atoms with Gasteiger partial charge in [-0.1, -0.05) is 6.07 Å². The monoisotopic (exact) mass is 341 g/mol. The van der Waals surface area contributed by atoms with E-state index in [2.05, 4.69) is 6.07 Å². The number of carbonyl (C=O) groups excluding carboxylic acids is 2. The maximum atomic E-state index is 13.0.